The van der Waals surface area contributed by atoms with Gasteiger partial charge >= 0.3 is 0 Å². The van der Waals surface area contributed by atoms with Crippen LogP contribution in [-0.4, -0.2) is 31.7 Å². The van der Waals surface area contributed by atoms with Crippen LogP contribution in [-0.2, 0) is 13.5 Å². The Morgan fingerprint density at radius 3 is 2.59 bits per heavy atom. The molecule has 0 N–H and O–H groups in total. The topological polar surface area (TPSA) is 60.7 Å². The molecule has 5 nitrogen and oxygen atoms in total. The van der Waals surface area contributed by atoms with E-state index >= 15 is 0 Å². The number of carbonyl (C=O) groups is 1. The van der Waals surface area contributed by atoms with Crippen LogP contribution in [0.3, 0.4) is 0 Å². The molecule has 1 heterocycles. The summed E-state index contributed by atoms with van der Waals surface area (Å²) in [7, 11) is 1.76. The maximum atomic E-state index is 12.2. The van der Waals surface area contributed by atoms with Crippen molar-refractivity contribution >= 4 is 17.5 Å². The van der Waals surface area contributed by atoms with E-state index in [1.807, 2.05) is 12.1 Å². The molecule has 0 unspecified atom stereocenters. The number of aromatic nitrogens is 4. The van der Waals surface area contributed by atoms with Crippen LogP contribution in [0.5, 0.6) is 0 Å². The summed E-state index contributed by atoms with van der Waals surface area (Å²) in [6.07, 6.45) is 6.14. The molecule has 118 valence electrons. The molecule has 1 aromatic carbocycles. The summed E-state index contributed by atoms with van der Waals surface area (Å²) in [5.41, 5.74) is 2.05. The van der Waals surface area contributed by atoms with E-state index in [-0.39, 0.29) is 5.78 Å². The highest BCUT2D eigenvalue weighted by molar-refractivity contribution is 7.99. The van der Waals surface area contributed by atoms with Gasteiger partial charge in [-0.3, -0.25) is 4.79 Å². The zero-order valence-corrected chi connectivity index (χ0v) is 14.0. The third-order valence-corrected chi connectivity index (χ3v) is 4.52. The van der Waals surface area contributed by atoms with E-state index in [0.29, 0.717) is 10.9 Å². The van der Waals surface area contributed by atoms with Crippen LogP contribution in [0.15, 0.2) is 29.4 Å². The summed E-state index contributed by atoms with van der Waals surface area (Å²) in [5, 5.41) is 11.8. The van der Waals surface area contributed by atoms with Gasteiger partial charge in [-0.15, -0.1) is 5.10 Å². The highest BCUT2D eigenvalue weighted by Gasteiger charge is 2.10. The van der Waals surface area contributed by atoms with E-state index in [2.05, 4.69) is 34.6 Å². The predicted octanol–water partition coefficient (Wildman–Crippen LogP) is 3.31. The monoisotopic (exact) mass is 318 g/mol. The number of tetrazole rings is 1. The van der Waals surface area contributed by atoms with Crippen LogP contribution in [0.1, 0.15) is 48.5 Å². The fourth-order valence-corrected chi connectivity index (χ4v) is 2.91. The quantitative estimate of drug-likeness (QED) is 0.403. The molecule has 0 bridgehead atoms. The summed E-state index contributed by atoms with van der Waals surface area (Å²) in [6.45, 7) is 2.22. The summed E-state index contributed by atoms with van der Waals surface area (Å²) in [5.74, 6) is 0.454. The molecule has 1 aromatic heterocycles. The van der Waals surface area contributed by atoms with Gasteiger partial charge in [-0.05, 0) is 28.8 Å². The number of carbonyl (C=O) groups excluding carboxylic acids is 1. The lowest BCUT2D eigenvalue weighted by Gasteiger charge is -2.04. The summed E-state index contributed by atoms with van der Waals surface area (Å²) in [6, 6.07) is 7.97. The molecule has 0 amide bonds. The number of ketones is 1. The molecule has 22 heavy (non-hydrogen) atoms. The predicted molar refractivity (Wildman–Crippen MR) is 88.1 cm³/mol. The Morgan fingerprint density at radius 2 is 1.95 bits per heavy atom. The second kappa shape index (κ2) is 8.68. The number of benzene rings is 1. The van der Waals surface area contributed by atoms with Crippen LogP contribution < -0.4 is 0 Å². The van der Waals surface area contributed by atoms with Gasteiger partial charge in [-0.25, -0.2) is 4.68 Å². The largest absolute Gasteiger partial charge is 0.293 e. The van der Waals surface area contributed by atoms with E-state index in [1.165, 1.54) is 43.0 Å². The van der Waals surface area contributed by atoms with Gasteiger partial charge in [0.2, 0.25) is 5.16 Å². The smallest absolute Gasteiger partial charge is 0.209 e. The van der Waals surface area contributed by atoms with Gasteiger partial charge in [0.05, 0.1) is 5.75 Å². The fourth-order valence-electron chi connectivity index (χ4n) is 2.17. The average Bonchev–Trinajstić information content (AvgIpc) is 2.95. The van der Waals surface area contributed by atoms with Crippen molar-refractivity contribution < 1.29 is 4.79 Å². The van der Waals surface area contributed by atoms with Crippen molar-refractivity contribution in [3.8, 4) is 0 Å². The second-order valence-corrected chi connectivity index (χ2v) is 6.25. The first-order valence-corrected chi connectivity index (χ1v) is 8.66. The van der Waals surface area contributed by atoms with E-state index < -0.39 is 0 Å². The zero-order valence-electron chi connectivity index (χ0n) is 13.2. The zero-order chi connectivity index (χ0) is 15.8. The first-order chi connectivity index (χ1) is 10.7. The molecule has 0 aliphatic heterocycles. The number of rotatable bonds is 9. The number of Topliss-reactive ketones (excluding diaryl/α,β-unsaturated/α-hetero) is 1. The summed E-state index contributed by atoms with van der Waals surface area (Å²) < 4.78 is 1.57. The van der Waals surface area contributed by atoms with E-state index in [4.69, 9.17) is 0 Å². The van der Waals surface area contributed by atoms with Crippen molar-refractivity contribution in [3.05, 3.63) is 35.4 Å². The maximum absolute atomic E-state index is 12.2. The first-order valence-electron chi connectivity index (χ1n) is 7.68. The molecule has 0 aliphatic carbocycles. The fraction of sp³-hybridized carbons (Fsp3) is 0.500. The van der Waals surface area contributed by atoms with E-state index in [1.54, 1.807) is 11.7 Å². The van der Waals surface area contributed by atoms with Gasteiger partial charge < -0.3 is 0 Å². The van der Waals surface area contributed by atoms with Gasteiger partial charge in [-0.2, -0.15) is 0 Å². The summed E-state index contributed by atoms with van der Waals surface area (Å²) in [4.78, 5) is 12.2. The highest BCUT2D eigenvalue weighted by atomic mass is 32.2. The molecule has 0 saturated heterocycles. The minimum Gasteiger partial charge on any atom is -0.293 e. The Bertz CT molecular complexity index is 594. The van der Waals surface area contributed by atoms with Crippen LogP contribution in [0.25, 0.3) is 0 Å². The normalized spacial score (nSPS) is 10.8. The third-order valence-electron chi connectivity index (χ3n) is 3.51. The first kappa shape index (κ1) is 16.7. The lowest BCUT2D eigenvalue weighted by molar-refractivity contribution is 0.102. The van der Waals surface area contributed by atoms with Gasteiger partial charge in [0.1, 0.15) is 0 Å². The SMILES string of the molecule is CCCCCCc1ccc(C(=O)CSc2nnnn2C)cc1. The van der Waals surface area contributed by atoms with Crippen LogP contribution >= 0.6 is 11.8 Å². The molecule has 2 rings (SSSR count). The van der Waals surface area contributed by atoms with E-state index in [0.717, 1.165) is 12.0 Å². The molecule has 0 atom stereocenters. The van der Waals surface area contributed by atoms with Crippen molar-refractivity contribution in [2.24, 2.45) is 7.05 Å². The number of hydrogen-bond acceptors (Lipinski definition) is 5. The number of hydrogen-bond donors (Lipinski definition) is 0. The van der Waals surface area contributed by atoms with Crippen LogP contribution in [0.4, 0.5) is 0 Å². The van der Waals surface area contributed by atoms with Crippen molar-refractivity contribution in [3.63, 3.8) is 0 Å². The van der Waals surface area contributed by atoms with Crippen LogP contribution in [0, 0.1) is 0 Å². The molecule has 0 radical (unpaired) electrons. The van der Waals surface area contributed by atoms with Gasteiger partial charge in [0.25, 0.3) is 0 Å². The molecule has 0 fully saturated rings. The average molecular weight is 318 g/mol. The standard InChI is InChI=1S/C16H22N4OS/c1-3-4-5-6-7-13-8-10-14(11-9-13)15(21)12-22-16-17-18-19-20(16)2/h8-11H,3-7,12H2,1-2H3. The highest BCUT2D eigenvalue weighted by Crippen LogP contribution is 2.16. The number of nitrogens with zero attached hydrogens (tertiary/aromatic N) is 4. The lowest BCUT2D eigenvalue weighted by atomic mass is 10.0. The number of aryl methyl sites for hydroxylation is 2. The Balaban J connectivity index is 1.81. The lowest BCUT2D eigenvalue weighted by Crippen LogP contribution is -2.04. The van der Waals surface area contributed by atoms with Crippen molar-refractivity contribution in [1.29, 1.82) is 0 Å². The Kier molecular flexibility index (Phi) is 6.58. The molecule has 0 saturated carbocycles. The van der Waals surface area contributed by atoms with Crippen LogP contribution in [0.2, 0.25) is 0 Å². The molecule has 2 aromatic rings. The Labute approximate surface area is 135 Å². The number of thioether (sulfide) groups is 1. The Morgan fingerprint density at radius 1 is 1.18 bits per heavy atom. The second-order valence-electron chi connectivity index (χ2n) is 5.30. The molecule has 6 heteroatoms. The van der Waals surface area contributed by atoms with E-state index in [9.17, 15) is 4.79 Å². The minimum absolute atomic E-state index is 0.102. The van der Waals surface area contributed by atoms with Gasteiger partial charge in [0, 0.05) is 12.6 Å². The van der Waals surface area contributed by atoms with Gasteiger partial charge in [0.15, 0.2) is 5.78 Å². The minimum atomic E-state index is 0.102. The van der Waals surface area contributed by atoms with Crippen molar-refractivity contribution in [2.45, 2.75) is 44.2 Å². The maximum Gasteiger partial charge on any atom is 0.209 e. The van der Waals surface area contributed by atoms with Gasteiger partial charge in [-0.1, -0.05) is 62.2 Å². The molecule has 0 spiro atoms. The number of unbranched alkanes of at least 4 members (excludes halogenated alkanes) is 3. The molecular formula is C16H22N4OS. The molecule has 0 aliphatic rings. The molecular weight excluding hydrogens is 296 g/mol. The van der Waals surface area contributed by atoms with Crippen molar-refractivity contribution in [2.75, 3.05) is 5.75 Å². The Hall–Kier alpha value is -1.69. The van der Waals surface area contributed by atoms with Crippen molar-refractivity contribution in [1.82, 2.24) is 20.2 Å². The third kappa shape index (κ3) is 4.94. The summed E-state index contributed by atoms with van der Waals surface area (Å²) >= 11 is 1.36.